The molecule has 1 aromatic heterocycles. The molecule has 0 aliphatic carbocycles. The first kappa shape index (κ1) is 13.9. The average Bonchev–Trinajstić information content (AvgIpc) is 2.81. The van der Waals surface area contributed by atoms with Gasteiger partial charge in [-0.3, -0.25) is 4.79 Å². The lowest BCUT2D eigenvalue weighted by Gasteiger charge is -2.24. The van der Waals surface area contributed by atoms with E-state index in [2.05, 4.69) is 28.0 Å². The zero-order chi connectivity index (χ0) is 15.0. The fraction of sp³-hybridized carbons (Fsp3) is 0.412. The normalized spacial score (nSPS) is 17.4. The third-order valence-corrected chi connectivity index (χ3v) is 4.22. The Hall–Kier alpha value is -2.10. The van der Waals surface area contributed by atoms with Gasteiger partial charge in [-0.1, -0.05) is 6.07 Å². The second-order valence-corrected chi connectivity index (χ2v) is 5.96. The van der Waals surface area contributed by atoms with E-state index < -0.39 is 0 Å². The third kappa shape index (κ3) is 2.84. The van der Waals surface area contributed by atoms with Crippen molar-refractivity contribution in [3.63, 3.8) is 0 Å². The molecule has 4 nitrogen and oxygen atoms in total. The summed E-state index contributed by atoms with van der Waals surface area (Å²) in [6.07, 6.45) is 3.93. The molecule has 1 aliphatic heterocycles. The highest BCUT2D eigenvalue weighted by atomic mass is 16.1. The largest absolute Gasteiger partial charge is 0.347 e. The van der Waals surface area contributed by atoms with E-state index in [1.165, 1.54) is 5.56 Å². The molecule has 0 bridgehead atoms. The number of imidazole rings is 1. The lowest BCUT2D eigenvalue weighted by atomic mass is 10.0. The van der Waals surface area contributed by atoms with Gasteiger partial charge < -0.3 is 9.88 Å². The van der Waals surface area contributed by atoms with E-state index in [1.54, 1.807) is 0 Å². The minimum absolute atomic E-state index is 0.0170. The highest BCUT2D eigenvalue weighted by Gasteiger charge is 2.21. The number of amides is 1. The van der Waals surface area contributed by atoms with Crippen LogP contribution >= 0.6 is 0 Å². The minimum atomic E-state index is 0.0170. The molecule has 0 saturated carbocycles. The predicted octanol–water partition coefficient (Wildman–Crippen LogP) is 2.55. The number of nitrogens with one attached hydrogen (secondary N) is 1. The monoisotopic (exact) mass is 283 g/mol. The van der Waals surface area contributed by atoms with Gasteiger partial charge in [0.1, 0.15) is 5.82 Å². The minimum Gasteiger partial charge on any atom is -0.347 e. The van der Waals surface area contributed by atoms with Crippen LogP contribution < -0.4 is 5.32 Å². The van der Waals surface area contributed by atoms with Crippen molar-refractivity contribution >= 4 is 5.91 Å². The number of rotatable bonds is 2. The Kier molecular flexibility index (Phi) is 3.53. The molecule has 1 aliphatic rings. The Morgan fingerprint density at radius 1 is 1.29 bits per heavy atom. The van der Waals surface area contributed by atoms with Crippen molar-refractivity contribution in [2.24, 2.45) is 0 Å². The van der Waals surface area contributed by atoms with Crippen LogP contribution in [0, 0.1) is 20.8 Å². The van der Waals surface area contributed by atoms with Gasteiger partial charge in [0, 0.05) is 30.8 Å². The Balaban J connectivity index is 1.69. The van der Waals surface area contributed by atoms with E-state index in [9.17, 15) is 4.79 Å². The fourth-order valence-electron chi connectivity index (χ4n) is 2.86. The number of nitrogens with zero attached hydrogens (tertiary/aromatic N) is 2. The maximum Gasteiger partial charge on any atom is 0.251 e. The van der Waals surface area contributed by atoms with Crippen LogP contribution in [0.3, 0.4) is 0 Å². The summed E-state index contributed by atoms with van der Waals surface area (Å²) < 4.78 is 2.16. The first-order valence-electron chi connectivity index (χ1n) is 7.43. The summed E-state index contributed by atoms with van der Waals surface area (Å²) >= 11 is 0. The first-order valence-corrected chi connectivity index (χ1v) is 7.43. The molecule has 2 heterocycles. The second kappa shape index (κ2) is 5.35. The van der Waals surface area contributed by atoms with Gasteiger partial charge in [-0.15, -0.1) is 0 Å². The van der Waals surface area contributed by atoms with Gasteiger partial charge in [0.05, 0.1) is 5.69 Å². The van der Waals surface area contributed by atoms with Crippen molar-refractivity contribution in [2.75, 3.05) is 0 Å². The number of aryl methyl sites for hydroxylation is 4. The van der Waals surface area contributed by atoms with Gasteiger partial charge in [-0.05, 0) is 50.5 Å². The summed E-state index contributed by atoms with van der Waals surface area (Å²) in [6, 6.07) is 6.04. The van der Waals surface area contributed by atoms with Gasteiger partial charge in [0.2, 0.25) is 0 Å². The maximum absolute atomic E-state index is 12.4. The van der Waals surface area contributed by atoms with Crippen molar-refractivity contribution in [1.82, 2.24) is 14.9 Å². The number of fused-ring (bicyclic) bond motifs is 1. The molecule has 110 valence electrons. The van der Waals surface area contributed by atoms with E-state index in [0.29, 0.717) is 0 Å². The number of aromatic nitrogens is 2. The molecule has 0 radical (unpaired) electrons. The molecule has 2 aromatic rings. The fourth-order valence-corrected chi connectivity index (χ4v) is 2.86. The van der Waals surface area contributed by atoms with Crippen molar-refractivity contribution in [1.29, 1.82) is 0 Å². The SMILES string of the molecule is Cc1cn2c(n1)CC[C@@H](NC(=O)c1ccc(C)c(C)c1)C2. The first-order chi connectivity index (χ1) is 10.0. The van der Waals surface area contributed by atoms with Crippen LogP contribution in [0.2, 0.25) is 0 Å². The van der Waals surface area contributed by atoms with Crippen molar-refractivity contribution in [3.05, 3.63) is 52.6 Å². The quantitative estimate of drug-likeness (QED) is 0.920. The molecule has 0 fully saturated rings. The zero-order valence-corrected chi connectivity index (χ0v) is 12.8. The number of hydrogen-bond acceptors (Lipinski definition) is 2. The number of hydrogen-bond donors (Lipinski definition) is 1. The van der Waals surface area contributed by atoms with Crippen LogP contribution in [0.5, 0.6) is 0 Å². The molecule has 1 aromatic carbocycles. The lowest BCUT2D eigenvalue weighted by Crippen LogP contribution is -2.40. The highest BCUT2D eigenvalue weighted by molar-refractivity contribution is 5.94. The van der Waals surface area contributed by atoms with Crippen LogP contribution in [0.1, 0.15) is 39.4 Å². The molecule has 0 spiro atoms. The standard InChI is InChI=1S/C17H21N3O/c1-11-4-5-14(8-12(11)2)17(21)19-15-6-7-16-18-13(3)9-20(16)10-15/h4-5,8-9,15H,6-7,10H2,1-3H3,(H,19,21)/t15-/m1/s1. The Morgan fingerprint density at radius 2 is 2.10 bits per heavy atom. The van der Waals surface area contributed by atoms with Crippen LogP contribution in [0.4, 0.5) is 0 Å². The molecule has 1 amide bonds. The second-order valence-electron chi connectivity index (χ2n) is 5.96. The third-order valence-electron chi connectivity index (χ3n) is 4.22. The molecular weight excluding hydrogens is 262 g/mol. The summed E-state index contributed by atoms with van der Waals surface area (Å²) in [7, 11) is 0. The molecule has 21 heavy (non-hydrogen) atoms. The number of carbonyl (C=O) groups excluding carboxylic acids is 1. The molecule has 4 heteroatoms. The van der Waals surface area contributed by atoms with Crippen molar-refractivity contribution < 1.29 is 4.79 Å². The van der Waals surface area contributed by atoms with E-state index in [1.807, 2.05) is 32.0 Å². The highest BCUT2D eigenvalue weighted by Crippen LogP contribution is 2.16. The predicted molar refractivity (Wildman–Crippen MR) is 82.5 cm³/mol. The molecule has 0 unspecified atom stereocenters. The molecule has 0 saturated heterocycles. The van der Waals surface area contributed by atoms with Crippen LogP contribution in [0.25, 0.3) is 0 Å². The zero-order valence-electron chi connectivity index (χ0n) is 12.8. The summed E-state index contributed by atoms with van der Waals surface area (Å²) in [5.41, 5.74) is 4.15. The van der Waals surface area contributed by atoms with E-state index in [4.69, 9.17) is 0 Å². The van der Waals surface area contributed by atoms with Gasteiger partial charge in [0.25, 0.3) is 5.91 Å². The molecule has 1 N–H and O–H groups in total. The van der Waals surface area contributed by atoms with E-state index in [-0.39, 0.29) is 11.9 Å². The topological polar surface area (TPSA) is 46.9 Å². The summed E-state index contributed by atoms with van der Waals surface area (Å²) in [5, 5.41) is 3.14. The Labute approximate surface area is 125 Å². The molecular formula is C17H21N3O. The smallest absolute Gasteiger partial charge is 0.251 e. The Bertz CT molecular complexity index is 687. The van der Waals surface area contributed by atoms with Crippen LogP contribution in [-0.4, -0.2) is 21.5 Å². The molecule has 1 atom stereocenters. The van der Waals surface area contributed by atoms with Gasteiger partial charge >= 0.3 is 0 Å². The Morgan fingerprint density at radius 3 is 2.86 bits per heavy atom. The number of benzene rings is 1. The average molecular weight is 283 g/mol. The van der Waals surface area contributed by atoms with Crippen molar-refractivity contribution in [2.45, 2.75) is 46.2 Å². The lowest BCUT2D eigenvalue weighted by molar-refractivity contribution is 0.0927. The summed E-state index contributed by atoms with van der Waals surface area (Å²) in [5.74, 6) is 1.15. The van der Waals surface area contributed by atoms with Crippen LogP contribution in [0.15, 0.2) is 24.4 Å². The van der Waals surface area contributed by atoms with Crippen molar-refractivity contribution in [3.8, 4) is 0 Å². The van der Waals surface area contributed by atoms with E-state index >= 15 is 0 Å². The summed E-state index contributed by atoms with van der Waals surface area (Å²) in [6.45, 7) is 6.91. The van der Waals surface area contributed by atoms with Gasteiger partial charge in [0.15, 0.2) is 0 Å². The van der Waals surface area contributed by atoms with Crippen LogP contribution in [-0.2, 0) is 13.0 Å². The number of carbonyl (C=O) groups is 1. The summed E-state index contributed by atoms with van der Waals surface area (Å²) in [4.78, 5) is 16.9. The van der Waals surface area contributed by atoms with E-state index in [0.717, 1.165) is 42.0 Å². The molecule has 3 rings (SSSR count). The maximum atomic E-state index is 12.4. The van der Waals surface area contributed by atoms with Gasteiger partial charge in [-0.2, -0.15) is 0 Å². The van der Waals surface area contributed by atoms with Gasteiger partial charge in [-0.25, -0.2) is 4.98 Å².